The molecule has 0 saturated carbocycles. The van der Waals surface area contributed by atoms with E-state index in [1.807, 2.05) is 34.6 Å². The standard InChI is InChI=1S/C16H30N2O5/c1-10(2)8-11(12(23-7)14(20)21)13(19)18(15(22)17-6)9-16(3,4)5/h10-12H,8-9H2,1-7H3,(H,17,22)(H,20,21)/t11-,12+/m1/s1. The molecule has 0 rings (SSSR count). The van der Waals surface area contributed by atoms with Crippen molar-refractivity contribution in [1.29, 1.82) is 0 Å². The first kappa shape index (κ1) is 21.4. The highest BCUT2D eigenvalue weighted by Gasteiger charge is 2.39. The fourth-order valence-corrected chi connectivity index (χ4v) is 2.36. The van der Waals surface area contributed by atoms with E-state index in [1.165, 1.54) is 14.2 Å². The summed E-state index contributed by atoms with van der Waals surface area (Å²) in [5, 5.41) is 11.8. The molecule has 0 aliphatic heterocycles. The summed E-state index contributed by atoms with van der Waals surface area (Å²) < 4.78 is 5.01. The third-order valence-electron chi connectivity index (χ3n) is 3.26. The number of urea groups is 1. The summed E-state index contributed by atoms with van der Waals surface area (Å²) >= 11 is 0. The maximum atomic E-state index is 12.9. The lowest BCUT2D eigenvalue weighted by molar-refractivity contribution is -0.159. The average Bonchev–Trinajstić information content (AvgIpc) is 2.41. The van der Waals surface area contributed by atoms with E-state index in [-0.39, 0.29) is 17.9 Å². The van der Waals surface area contributed by atoms with E-state index in [0.29, 0.717) is 6.42 Å². The summed E-state index contributed by atoms with van der Waals surface area (Å²) in [7, 11) is 2.70. The van der Waals surface area contributed by atoms with E-state index >= 15 is 0 Å². The van der Waals surface area contributed by atoms with Crippen molar-refractivity contribution in [3.8, 4) is 0 Å². The van der Waals surface area contributed by atoms with Crippen LogP contribution in [0.25, 0.3) is 0 Å². The van der Waals surface area contributed by atoms with Crippen LogP contribution < -0.4 is 5.32 Å². The van der Waals surface area contributed by atoms with Crippen LogP contribution in [-0.2, 0) is 14.3 Å². The van der Waals surface area contributed by atoms with E-state index in [9.17, 15) is 19.5 Å². The number of carboxylic acids is 1. The Kier molecular flexibility index (Phi) is 8.23. The third kappa shape index (κ3) is 6.99. The topological polar surface area (TPSA) is 95.9 Å². The highest BCUT2D eigenvalue weighted by Crippen LogP contribution is 2.24. The first-order valence-electron chi connectivity index (χ1n) is 7.73. The Hall–Kier alpha value is -1.63. The molecule has 2 N–H and O–H groups in total. The number of amides is 3. The van der Waals surface area contributed by atoms with Crippen LogP contribution >= 0.6 is 0 Å². The summed E-state index contributed by atoms with van der Waals surface area (Å²) in [5.41, 5.74) is -0.309. The minimum Gasteiger partial charge on any atom is -0.479 e. The second-order valence-corrected chi connectivity index (χ2v) is 7.27. The van der Waals surface area contributed by atoms with E-state index < -0.39 is 29.9 Å². The van der Waals surface area contributed by atoms with Crippen LogP contribution in [0.1, 0.15) is 41.0 Å². The number of carbonyl (C=O) groups is 3. The second-order valence-electron chi connectivity index (χ2n) is 7.27. The molecule has 0 bridgehead atoms. The number of carbonyl (C=O) groups excluding carboxylic acids is 2. The predicted octanol–water partition coefficient (Wildman–Crippen LogP) is 1.96. The van der Waals surface area contributed by atoms with Crippen molar-refractivity contribution >= 4 is 17.9 Å². The minimum atomic E-state index is -1.28. The largest absolute Gasteiger partial charge is 0.479 e. The van der Waals surface area contributed by atoms with Gasteiger partial charge in [0.25, 0.3) is 0 Å². The van der Waals surface area contributed by atoms with Crippen LogP contribution in [0.3, 0.4) is 0 Å². The SMILES string of the molecule is CNC(=O)N(CC(C)(C)C)C(=O)[C@H](CC(C)C)[C@H](OC)C(=O)O. The van der Waals surface area contributed by atoms with Crippen molar-refractivity contribution in [2.75, 3.05) is 20.7 Å². The molecule has 2 atom stereocenters. The zero-order valence-corrected chi connectivity index (χ0v) is 15.2. The van der Waals surface area contributed by atoms with Crippen molar-refractivity contribution in [2.45, 2.75) is 47.1 Å². The number of aliphatic carboxylic acids is 1. The molecular weight excluding hydrogens is 300 g/mol. The summed E-state index contributed by atoms with van der Waals surface area (Å²) in [6.07, 6.45) is -0.960. The smallest absolute Gasteiger partial charge is 0.333 e. The van der Waals surface area contributed by atoms with Gasteiger partial charge in [-0.15, -0.1) is 0 Å². The lowest BCUT2D eigenvalue weighted by Gasteiger charge is -2.33. The Morgan fingerprint density at radius 3 is 2.04 bits per heavy atom. The van der Waals surface area contributed by atoms with Gasteiger partial charge in [0.05, 0.1) is 5.92 Å². The molecule has 0 aliphatic rings. The number of hydrogen-bond donors (Lipinski definition) is 2. The minimum absolute atomic E-state index is 0.0853. The van der Waals surface area contributed by atoms with Crippen LogP contribution in [0, 0.1) is 17.3 Å². The molecule has 7 nitrogen and oxygen atoms in total. The molecule has 0 radical (unpaired) electrons. The number of imide groups is 1. The number of carboxylic acid groups (broad SMARTS) is 1. The third-order valence-corrected chi connectivity index (χ3v) is 3.26. The Bertz CT molecular complexity index is 429. The predicted molar refractivity (Wildman–Crippen MR) is 87.0 cm³/mol. The number of nitrogens with zero attached hydrogens (tertiary/aromatic N) is 1. The van der Waals surface area contributed by atoms with Crippen LogP contribution in [-0.4, -0.2) is 54.7 Å². The first-order chi connectivity index (χ1) is 10.4. The fourth-order valence-electron chi connectivity index (χ4n) is 2.36. The van der Waals surface area contributed by atoms with Gasteiger partial charge in [-0.25, -0.2) is 9.59 Å². The normalized spacial score (nSPS) is 14.3. The van der Waals surface area contributed by atoms with Gasteiger partial charge in [0.15, 0.2) is 6.10 Å². The maximum absolute atomic E-state index is 12.9. The van der Waals surface area contributed by atoms with E-state index in [0.717, 1.165) is 4.90 Å². The highest BCUT2D eigenvalue weighted by atomic mass is 16.5. The first-order valence-corrected chi connectivity index (χ1v) is 7.73. The Morgan fingerprint density at radius 1 is 1.22 bits per heavy atom. The molecule has 23 heavy (non-hydrogen) atoms. The summed E-state index contributed by atoms with van der Waals surface area (Å²) in [5.74, 6) is -2.57. The van der Waals surface area contributed by atoms with Crippen LogP contribution in [0.5, 0.6) is 0 Å². The zero-order chi connectivity index (χ0) is 18.4. The van der Waals surface area contributed by atoms with Crippen molar-refractivity contribution in [3.63, 3.8) is 0 Å². The Labute approximate surface area is 138 Å². The fraction of sp³-hybridized carbons (Fsp3) is 0.812. The number of nitrogens with one attached hydrogen (secondary N) is 1. The van der Waals surface area contributed by atoms with Gasteiger partial charge in [0.1, 0.15) is 0 Å². The van der Waals surface area contributed by atoms with Crippen LogP contribution in [0.15, 0.2) is 0 Å². The van der Waals surface area contributed by atoms with E-state index in [4.69, 9.17) is 4.74 Å². The molecule has 0 heterocycles. The van der Waals surface area contributed by atoms with Crippen LogP contribution in [0.2, 0.25) is 0 Å². The highest BCUT2D eigenvalue weighted by molar-refractivity contribution is 5.97. The van der Waals surface area contributed by atoms with Gasteiger partial charge in [-0.3, -0.25) is 9.69 Å². The molecule has 0 aromatic carbocycles. The second kappa shape index (κ2) is 8.86. The van der Waals surface area contributed by atoms with E-state index in [1.54, 1.807) is 0 Å². The van der Waals surface area contributed by atoms with Gasteiger partial charge < -0.3 is 15.2 Å². The van der Waals surface area contributed by atoms with Crippen molar-refractivity contribution in [2.24, 2.45) is 17.3 Å². The molecule has 0 aromatic heterocycles. The maximum Gasteiger partial charge on any atom is 0.333 e. The van der Waals surface area contributed by atoms with Crippen molar-refractivity contribution in [1.82, 2.24) is 10.2 Å². The molecule has 0 spiro atoms. The summed E-state index contributed by atoms with van der Waals surface area (Å²) in [6, 6.07) is -0.543. The van der Waals surface area contributed by atoms with Gasteiger partial charge >= 0.3 is 12.0 Å². The number of ether oxygens (including phenoxy) is 1. The van der Waals surface area contributed by atoms with Gasteiger partial charge in [0.2, 0.25) is 5.91 Å². The summed E-state index contributed by atoms with van der Waals surface area (Å²) in [4.78, 5) is 37.5. The Morgan fingerprint density at radius 2 is 1.74 bits per heavy atom. The van der Waals surface area contributed by atoms with Gasteiger partial charge in [-0.1, -0.05) is 34.6 Å². The summed E-state index contributed by atoms with van der Waals surface area (Å²) in [6.45, 7) is 9.68. The molecule has 134 valence electrons. The lowest BCUT2D eigenvalue weighted by Crippen LogP contribution is -2.52. The quantitative estimate of drug-likeness (QED) is 0.744. The Balaban J connectivity index is 5.65. The zero-order valence-electron chi connectivity index (χ0n) is 15.2. The van der Waals surface area contributed by atoms with E-state index in [2.05, 4.69) is 5.32 Å². The van der Waals surface area contributed by atoms with Crippen molar-refractivity contribution < 1.29 is 24.2 Å². The number of methoxy groups -OCH3 is 1. The molecular formula is C16H30N2O5. The average molecular weight is 330 g/mol. The molecule has 3 amide bonds. The lowest BCUT2D eigenvalue weighted by atomic mass is 9.89. The van der Waals surface area contributed by atoms with Gasteiger partial charge in [-0.05, 0) is 17.8 Å². The van der Waals surface area contributed by atoms with Gasteiger partial charge in [0, 0.05) is 20.7 Å². The van der Waals surface area contributed by atoms with Gasteiger partial charge in [-0.2, -0.15) is 0 Å². The van der Waals surface area contributed by atoms with Crippen molar-refractivity contribution in [3.05, 3.63) is 0 Å². The molecule has 0 aliphatic carbocycles. The molecule has 0 aromatic rings. The number of rotatable bonds is 7. The van der Waals surface area contributed by atoms with Crippen LogP contribution in [0.4, 0.5) is 4.79 Å². The molecule has 0 unspecified atom stereocenters. The monoisotopic (exact) mass is 330 g/mol. The molecule has 0 fully saturated rings. The number of hydrogen-bond acceptors (Lipinski definition) is 4. The molecule has 7 heteroatoms. The molecule has 0 saturated heterocycles.